The number of amides is 1. The fraction of sp³-hybridized carbons (Fsp3) is 0.269. The van der Waals surface area contributed by atoms with E-state index in [-0.39, 0.29) is 17.4 Å². The molecule has 3 aromatic rings. The third kappa shape index (κ3) is 8.48. The summed E-state index contributed by atoms with van der Waals surface area (Å²) in [5, 5.41) is 21.5. The topological polar surface area (TPSA) is 131 Å². The summed E-state index contributed by atoms with van der Waals surface area (Å²) in [6.45, 7) is 3.09. The van der Waals surface area contributed by atoms with Gasteiger partial charge in [0.15, 0.2) is 0 Å². The average molecular weight is 498 g/mol. The van der Waals surface area contributed by atoms with Gasteiger partial charge in [-0.05, 0) is 47.9 Å². The van der Waals surface area contributed by atoms with E-state index in [2.05, 4.69) is 10.6 Å². The zero-order valence-corrected chi connectivity index (χ0v) is 20.4. The Kier molecular flexibility index (Phi) is 9.39. The number of aliphatic hydroxyl groups excluding tert-OH is 1. The lowest BCUT2D eigenvalue weighted by Crippen LogP contribution is -2.32. The van der Waals surface area contributed by atoms with Crippen molar-refractivity contribution in [1.82, 2.24) is 10.6 Å². The lowest BCUT2D eigenvalue weighted by molar-refractivity contribution is -0.119. The fourth-order valence-electron chi connectivity index (χ4n) is 3.53. The Balaban J connectivity index is 1.42. The summed E-state index contributed by atoms with van der Waals surface area (Å²) < 4.78 is 29.3. The number of aliphatic hydroxyl groups is 1. The third-order valence-corrected chi connectivity index (χ3v) is 6.28. The van der Waals surface area contributed by atoms with Crippen LogP contribution in [0.5, 0.6) is 5.75 Å². The van der Waals surface area contributed by atoms with Gasteiger partial charge in [-0.3, -0.25) is 4.79 Å². The number of rotatable bonds is 12. The Bertz CT molecular complexity index is 1230. The summed E-state index contributed by atoms with van der Waals surface area (Å²) in [5.41, 5.74) is 3.35. The molecule has 0 saturated carbocycles. The summed E-state index contributed by atoms with van der Waals surface area (Å²) in [6, 6.07) is 21.7. The molecular formula is C26H31N3O5S. The van der Waals surface area contributed by atoms with Gasteiger partial charge in [-0.2, -0.15) is 0 Å². The second kappa shape index (κ2) is 12.5. The van der Waals surface area contributed by atoms with Crippen molar-refractivity contribution in [1.29, 1.82) is 0 Å². The van der Waals surface area contributed by atoms with Crippen LogP contribution in [0.25, 0.3) is 11.1 Å². The van der Waals surface area contributed by atoms with Crippen LogP contribution < -0.4 is 20.5 Å². The summed E-state index contributed by atoms with van der Waals surface area (Å²) in [7, 11) is -3.81. The number of primary sulfonamides is 1. The van der Waals surface area contributed by atoms with Gasteiger partial charge in [0.2, 0.25) is 15.9 Å². The number of sulfonamides is 1. The zero-order valence-electron chi connectivity index (χ0n) is 19.6. The van der Waals surface area contributed by atoms with E-state index in [4.69, 9.17) is 9.88 Å². The van der Waals surface area contributed by atoms with Gasteiger partial charge in [-0.15, -0.1) is 0 Å². The van der Waals surface area contributed by atoms with Crippen LogP contribution in [0.15, 0.2) is 77.7 Å². The quantitative estimate of drug-likeness (QED) is 0.284. The number of ether oxygens (including phenoxy) is 1. The lowest BCUT2D eigenvalue weighted by atomic mass is 10.0. The van der Waals surface area contributed by atoms with Gasteiger partial charge in [-0.1, -0.05) is 54.6 Å². The van der Waals surface area contributed by atoms with Gasteiger partial charge in [0, 0.05) is 25.6 Å². The molecule has 35 heavy (non-hydrogen) atoms. The van der Waals surface area contributed by atoms with E-state index in [9.17, 15) is 18.3 Å². The van der Waals surface area contributed by atoms with E-state index in [0.717, 1.165) is 23.1 Å². The van der Waals surface area contributed by atoms with E-state index in [1.807, 2.05) is 48.5 Å². The molecule has 0 aliphatic heterocycles. The highest BCUT2D eigenvalue weighted by atomic mass is 32.2. The van der Waals surface area contributed by atoms with Crippen molar-refractivity contribution in [3.05, 3.63) is 83.9 Å². The Labute approximate surface area is 206 Å². The first kappa shape index (κ1) is 26.4. The molecule has 1 atom stereocenters. The van der Waals surface area contributed by atoms with Crippen molar-refractivity contribution < 1.29 is 23.1 Å². The number of carbonyl (C=O) groups excluding carboxylic acids is 1. The van der Waals surface area contributed by atoms with Gasteiger partial charge in [0.05, 0.1) is 4.90 Å². The van der Waals surface area contributed by atoms with E-state index < -0.39 is 16.1 Å². The monoisotopic (exact) mass is 497 g/mol. The molecule has 3 rings (SSSR count). The molecule has 0 spiro atoms. The normalized spacial score (nSPS) is 12.2. The van der Waals surface area contributed by atoms with Crippen molar-refractivity contribution in [3.63, 3.8) is 0 Å². The summed E-state index contributed by atoms with van der Waals surface area (Å²) in [4.78, 5) is 11.1. The molecule has 186 valence electrons. The second-order valence-electron chi connectivity index (χ2n) is 8.21. The third-order valence-electron chi connectivity index (χ3n) is 5.31. The molecule has 8 nitrogen and oxygen atoms in total. The number of nitrogens with one attached hydrogen (secondary N) is 2. The maximum atomic E-state index is 11.8. The predicted octanol–water partition coefficient (Wildman–Crippen LogP) is 2.21. The van der Waals surface area contributed by atoms with Crippen LogP contribution in [0.2, 0.25) is 0 Å². The van der Waals surface area contributed by atoms with Crippen molar-refractivity contribution in [2.45, 2.75) is 30.9 Å². The zero-order chi connectivity index (χ0) is 25.3. The van der Waals surface area contributed by atoms with Gasteiger partial charge >= 0.3 is 0 Å². The first-order chi connectivity index (χ1) is 16.7. The highest BCUT2D eigenvalue weighted by Crippen LogP contribution is 2.26. The number of hydrogen-bond donors (Lipinski definition) is 4. The Morgan fingerprint density at radius 2 is 1.77 bits per heavy atom. The minimum atomic E-state index is -3.81. The maximum absolute atomic E-state index is 11.8. The minimum Gasteiger partial charge on any atom is -0.491 e. The Morgan fingerprint density at radius 3 is 2.49 bits per heavy atom. The molecule has 0 aliphatic rings. The van der Waals surface area contributed by atoms with Crippen molar-refractivity contribution >= 4 is 15.9 Å². The first-order valence-corrected chi connectivity index (χ1v) is 12.8. The molecule has 0 aromatic heterocycles. The maximum Gasteiger partial charge on any atom is 0.238 e. The first-order valence-electron chi connectivity index (χ1n) is 11.3. The standard InChI is InChI=1S/C26H31N3O5S/c1-19(30)29-16-21-5-4-6-24(15-21)34-18-23(31)17-28-14-13-20-9-11-22(12-10-20)25-7-2-3-8-26(25)35(27,32)33/h2-12,15,23,28,31H,13-14,16-18H2,1H3,(H,29,30)(H2,27,32,33). The Morgan fingerprint density at radius 1 is 1.03 bits per heavy atom. The van der Waals surface area contributed by atoms with Crippen molar-refractivity contribution in [3.8, 4) is 16.9 Å². The highest BCUT2D eigenvalue weighted by molar-refractivity contribution is 7.89. The molecule has 0 bridgehead atoms. The molecule has 0 saturated heterocycles. The number of carbonyl (C=O) groups is 1. The van der Waals surface area contributed by atoms with Crippen LogP contribution in [0, 0.1) is 0 Å². The predicted molar refractivity (Wildman–Crippen MR) is 135 cm³/mol. The number of hydrogen-bond acceptors (Lipinski definition) is 6. The van der Waals surface area contributed by atoms with Crippen LogP contribution in [-0.2, 0) is 27.8 Å². The lowest BCUT2D eigenvalue weighted by Gasteiger charge is -2.14. The van der Waals surface area contributed by atoms with Crippen molar-refractivity contribution in [2.24, 2.45) is 5.14 Å². The van der Waals surface area contributed by atoms with Gasteiger partial charge in [0.25, 0.3) is 0 Å². The minimum absolute atomic E-state index is 0.0962. The second-order valence-corrected chi connectivity index (χ2v) is 9.74. The molecule has 9 heteroatoms. The van der Waals surface area contributed by atoms with Crippen LogP contribution in [-0.4, -0.2) is 45.2 Å². The van der Waals surface area contributed by atoms with E-state index in [0.29, 0.717) is 30.9 Å². The summed E-state index contributed by atoms with van der Waals surface area (Å²) in [5.74, 6) is 0.539. The van der Waals surface area contributed by atoms with Crippen LogP contribution >= 0.6 is 0 Å². The fourth-order valence-corrected chi connectivity index (χ4v) is 4.29. The number of nitrogens with two attached hydrogens (primary N) is 1. The van der Waals surface area contributed by atoms with E-state index in [1.54, 1.807) is 18.2 Å². The van der Waals surface area contributed by atoms with Crippen LogP contribution in [0.1, 0.15) is 18.1 Å². The Hall–Kier alpha value is -3.24. The van der Waals surface area contributed by atoms with E-state index in [1.165, 1.54) is 13.0 Å². The van der Waals surface area contributed by atoms with Gasteiger partial charge < -0.3 is 20.5 Å². The molecule has 0 radical (unpaired) electrons. The van der Waals surface area contributed by atoms with Gasteiger partial charge in [0.1, 0.15) is 18.5 Å². The summed E-state index contributed by atoms with van der Waals surface area (Å²) >= 11 is 0. The van der Waals surface area contributed by atoms with Crippen molar-refractivity contribution in [2.75, 3.05) is 19.7 Å². The smallest absolute Gasteiger partial charge is 0.238 e. The van der Waals surface area contributed by atoms with Crippen LogP contribution in [0.4, 0.5) is 0 Å². The number of benzene rings is 3. The van der Waals surface area contributed by atoms with E-state index >= 15 is 0 Å². The highest BCUT2D eigenvalue weighted by Gasteiger charge is 2.14. The summed E-state index contributed by atoms with van der Waals surface area (Å²) in [6.07, 6.45) is 0.0710. The SMILES string of the molecule is CC(=O)NCc1cccc(OCC(O)CNCCc2ccc(-c3ccccc3S(N)(=O)=O)cc2)c1. The molecule has 0 heterocycles. The largest absolute Gasteiger partial charge is 0.491 e. The van der Waals surface area contributed by atoms with Gasteiger partial charge in [-0.25, -0.2) is 13.6 Å². The van der Waals surface area contributed by atoms with Crippen LogP contribution in [0.3, 0.4) is 0 Å². The molecule has 1 amide bonds. The molecule has 0 aliphatic carbocycles. The average Bonchev–Trinajstić information content (AvgIpc) is 2.84. The molecule has 5 N–H and O–H groups in total. The molecule has 1 unspecified atom stereocenters. The molecule has 3 aromatic carbocycles. The molecule has 0 fully saturated rings. The molecular weight excluding hydrogens is 466 g/mol.